The predicted octanol–water partition coefficient (Wildman–Crippen LogP) is 3.79. The van der Waals surface area contributed by atoms with Crippen LogP contribution in [0.4, 0.5) is 0 Å². The van der Waals surface area contributed by atoms with Crippen molar-refractivity contribution >= 4 is 11.9 Å². The minimum Gasteiger partial charge on any atom is -0.493 e. The molecule has 27 heavy (non-hydrogen) atoms. The molecule has 2 aromatic carbocycles. The number of nitrogens with zero attached hydrogens (tertiary/aromatic N) is 2. The molecule has 0 saturated heterocycles. The van der Waals surface area contributed by atoms with Gasteiger partial charge in [0.25, 0.3) is 0 Å². The largest absolute Gasteiger partial charge is 0.493 e. The van der Waals surface area contributed by atoms with E-state index >= 15 is 0 Å². The molecule has 138 valence electrons. The van der Waals surface area contributed by atoms with E-state index < -0.39 is 0 Å². The fourth-order valence-corrected chi connectivity index (χ4v) is 2.68. The molecule has 1 aromatic heterocycles. The summed E-state index contributed by atoms with van der Waals surface area (Å²) in [6.45, 7) is 0. The third-order valence-corrected chi connectivity index (χ3v) is 4.07. The van der Waals surface area contributed by atoms with Crippen molar-refractivity contribution in [2.45, 2.75) is 0 Å². The van der Waals surface area contributed by atoms with Gasteiger partial charge in [-0.2, -0.15) is 0 Å². The summed E-state index contributed by atoms with van der Waals surface area (Å²) in [4.78, 5) is 16.5. The SMILES string of the molecule is COc1cc(/C=C/C(=O)c2ccc(-n3ccnc3)cc2)cc(OC)c1OC. The van der Waals surface area contributed by atoms with Gasteiger partial charge in [-0.3, -0.25) is 4.79 Å². The molecule has 6 heteroatoms. The van der Waals surface area contributed by atoms with E-state index in [2.05, 4.69) is 4.98 Å². The molecule has 0 bridgehead atoms. The van der Waals surface area contributed by atoms with Crippen molar-refractivity contribution in [1.29, 1.82) is 0 Å². The second-order valence-corrected chi connectivity index (χ2v) is 5.67. The molecular weight excluding hydrogens is 344 g/mol. The zero-order valence-electron chi connectivity index (χ0n) is 15.4. The van der Waals surface area contributed by atoms with E-state index in [-0.39, 0.29) is 5.78 Å². The number of imidazole rings is 1. The average Bonchev–Trinajstić information content (AvgIpc) is 3.26. The van der Waals surface area contributed by atoms with Crippen LogP contribution < -0.4 is 14.2 Å². The van der Waals surface area contributed by atoms with Gasteiger partial charge in [-0.25, -0.2) is 4.98 Å². The van der Waals surface area contributed by atoms with Gasteiger partial charge in [-0.1, -0.05) is 6.08 Å². The van der Waals surface area contributed by atoms with E-state index in [1.807, 2.05) is 22.9 Å². The Balaban J connectivity index is 1.80. The molecule has 0 spiro atoms. The minimum absolute atomic E-state index is 0.0964. The van der Waals surface area contributed by atoms with Crippen molar-refractivity contribution in [3.63, 3.8) is 0 Å². The number of hydrogen-bond donors (Lipinski definition) is 0. The third-order valence-electron chi connectivity index (χ3n) is 4.07. The van der Waals surface area contributed by atoms with Crippen LogP contribution in [0.15, 0.2) is 61.2 Å². The van der Waals surface area contributed by atoms with E-state index in [9.17, 15) is 4.79 Å². The minimum atomic E-state index is -0.0964. The van der Waals surface area contributed by atoms with Crippen molar-refractivity contribution in [3.05, 3.63) is 72.3 Å². The summed E-state index contributed by atoms with van der Waals surface area (Å²) < 4.78 is 17.8. The maximum Gasteiger partial charge on any atom is 0.203 e. The number of carbonyl (C=O) groups is 1. The molecule has 0 aliphatic heterocycles. The van der Waals surface area contributed by atoms with Crippen LogP contribution in [0.1, 0.15) is 15.9 Å². The van der Waals surface area contributed by atoms with Crippen LogP contribution in [0.2, 0.25) is 0 Å². The van der Waals surface area contributed by atoms with Crippen LogP contribution in [0.25, 0.3) is 11.8 Å². The smallest absolute Gasteiger partial charge is 0.203 e. The number of carbonyl (C=O) groups excluding carboxylic acids is 1. The fourth-order valence-electron chi connectivity index (χ4n) is 2.68. The first-order valence-corrected chi connectivity index (χ1v) is 8.27. The molecule has 0 aliphatic rings. The predicted molar refractivity (Wildman–Crippen MR) is 103 cm³/mol. The second kappa shape index (κ2) is 8.23. The molecule has 3 rings (SSSR count). The molecule has 0 saturated carbocycles. The highest BCUT2D eigenvalue weighted by Gasteiger charge is 2.12. The van der Waals surface area contributed by atoms with Gasteiger partial charge >= 0.3 is 0 Å². The average molecular weight is 364 g/mol. The van der Waals surface area contributed by atoms with Crippen LogP contribution in [-0.2, 0) is 0 Å². The van der Waals surface area contributed by atoms with Crippen molar-refractivity contribution in [1.82, 2.24) is 9.55 Å². The van der Waals surface area contributed by atoms with Gasteiger partial charge in [0.2, 0.25) is 5.75 Å². The number of ether oxygens (including phenoxy) is 3. The number of benzene rings is 2. The number of aromatic nitrogens is 2. The first-order chi connectivity index (χ1) is 13.2. The second-order valence-electron chi connectivity index (χ2n) is 5.67. The summed E-state index contributed by atoms with van der Waals surface area (Å²) in [6.07, 6.45) is 8.51. The highest BCUT2D eigenvalue weighted by Crippen LogP contribution is 2.38. The van der Waals surface area contributed by atoms with Crippen LogP contribution in [0, 0.1) is 0 Å². The van der Waals surface area contributed by atoms with Crippen LogP contribution in [0.5, 0.6) is 17.2 Å². The van der Waals surface area contributed by atoms with E-state index in [0.29, 0.717) is 22.8 Å². The van der Waals surface area contributed by atoms with Gasteiger partial charge < -0.3 is 18.8 Å². The van der Waals surface area contributed by atoms with Crippen molar-refractivity contribution in [2.75, 3.05) is 21.3 Å². The summed E-state index contributed by atoms with van der Waals surface area (Å²) in [5, 5.41) is 0. The zero-order valence-corrected chi connectivity index (χ0v) is 15.4. The molecule has 0 atom stereocenters. The molecule has 0 radical (unpaired) electrons. The number of hydrogen-bond acceptors (Lipinski definition) is 5. The monoisotopic (exact) mass is 364 g/mol. The van der Waals surface area contributed by atoms with E-state index in [0.717, 1.165) is 11.3 Å². The number of allylic oxidation sites excluding steroid dienone is 1. The molecule has 1 heterocycles. The Bertz CT molecular complexity index is 920. The van der Waals surface area contributed by atoms with E-state index in [1.165, 1.54) is 6.08 Å². The maximum atomic E-state index is 12.5. The summed E-state index contributed by atoms with van der Waals surface area (Å²) in [6, 6.07) is 10.9. The van der Waals surface area contributed by atoms with Crippen LogP contribution in [-0.4, -0.2) is 36.7 Å². The maximum absolute atomic E-state index is 12.5. The Hall–Kier alpha value is -3.54. The molecule has 6 nitrogen and oxygen atoms in total. The van der Waals surface area contributed by atoms with Gasteiger partial charge in [0.15, 0.2) is 17.3 Å². The lowest BCUT2D eigenvalue weighted by Gasteiger charge is -2.12. The molecular formula is C21H20N2O4. The lowest BCUT2D eigenvalue weighted by atomic mass is 10.1. The molecule has 0 unspecified atom stereocenters. The van der Waals surface area contributed by atoms with Crippen LogP contribution >= 0.6 is 0 Å². The summed E-state index contributed by atoms with van der Waals surface area (Å²) in [5.41, 5.74) is 2.31. The highest BCUT2D eigenvalue weighted by molar-refractivity contribution is 6.06. The lowest BCUT2D eigenvalue weighted by Crippen LogP contribution is -1.97. The van der Waals surface area contributed by atoms with Gasteiger partial charge in [0, 0.05) is 23.6 Å². The van der Waals surface area contributed by atoms with Gasteiger partial charge in [0.05, 0.1) is 27.7 Å². The Labute approximate surface area is 157 Å². The van der Waals surface area contributed by atoms with Gasteiger partial charge in [-0.05, 0) is 48.0 Å². The molecule has 0 fully saturated rings. The normalized spacial score (nSPS) is 10.8. The third kappa shape index (κ3) is 4.00. The molecule has 0 aliphatic carbocycles. The zero-order chi connectivity index (χ0) is 19.2. The quantitative estimate of drug-likeness (QED) is 0.471. The fraction of sp³-hybridized carbons (Fsp3) is 0.143. The Morgan fingerprint density at radius 1 is 1.00 bits per heavy atom. The number of rotatable bonds is 7. The Morgan fingerprint density at radius 3 is 2.19 bits per heavy atom. The summed E-state index contributed by atoms with van der Waals surface area (Å²) >= 11 is 0. The molecule has 0 amide bonds. The lowest BCUT2D eigenvalue weighted by molar-refractivity contribution is 0.104. The van der Waals surface area contributed by atoms with Crippen LogP contribution in [0.3, 0.4) is 0 Å². The first kappa shape index (κ1) is 18.3. The molecule has 0 N–H and O–H groups in total. The van der Waals surface area contributed by atoms with E-state index in [4.69, 9.17) is 14.2 Å². The van der Waals surface area contributed by atoms with Gasteiger partial charge in [0.1, 0.15) is 0 Å². The standard InChI is InChI=1S/C21H20N2O4/c1-25-19-12-15(13-20(26-2)21(19)27-3)4-9-18(24)16-5-7-17(8-6-16)23-11-10-22-14-23/h4-14H,1-3H3/b9-4+. The van der Waals surface area contributed by atoms with Gasteiger partial charge in [-0.15, -0.1) is 0 Å². The summed E-state index contributed by atoms with van der Waals surface area (Å²) in [7, 11) is 4.66. The van der Waals surface area contributed by atoms with Crippen molar-refractivity contribution in [2.24, 2.45) is 0 Å². The van der Waals surface area contributed by atoms with Crippen molar-refractivity contribution < 1.29 is 19.0 Å². The molecule has 3 aromatic rings. The summed E-state index contributed by atoms with van der Waals surface area (Å²) in [5.74, 6) is 1.49. The first-order valence-electron chi connectivity index (χ1n) is 8.27. The Kier molecular flexibility index (Phi) is 5.56. The van der Waals surface area contributed by atoms with E-state index in [1.54, 1.807) is 64.2 Å². The topological polar surface area (TPSA) is 62.6 Å². The number of ketones is 1. The van der Waals surface area contributed by atoms with Crippen molar-refractivity contribution in [3.8, 4) is 22.9 Å². The highest BCUT2D eigenvalue weighted by atomic mass is 16.5. The Morgan fingerprint density at radius 2 is 1.67 bits per heavy atom. The number of methoxy groups -OCH3 is 3.